The molecule has 0 atom stereocenters. The summed E-state index contributed by atoms with van der Waals surface area (Å²) in [5.41, 5.74) is -0.611. The highest BCUT2D eigenvalue weighted by Gasteiger charge is 2.32. The highest BCUT2D eigenvalue weighted by molar-refractivity contribution is 5.92. The number of para-hydroxylation sites is 1. The molecule has 1 aliphatic heterocycles. The minimum absolute atomic E-state index is 0.0123. The zero-order valence-corrected chi connectivity index (χ0v) is 19.5. The van der Waals surface area contributed by atoms with Crippen molar-refractivity contribution < 1.29 is 18.8 Å². The van der Waals surface area contributed by atoms with Crippen molar-refractivity contribution in [3.8, 4) is 0 Å². The van der Waals surface area contributed by atoms with Crippen LogP contribution in [0.2, 0.25) is 0 Å². The summed E-state index contributed by atoms with van der Waals surface area (Å²) in [6.45, 7) is 11.0. The molecule has 174 valence electrons. The molecule has 2 heterocycles. The van der Waals surface area contributed by atoms with Gasteiger partial charge in [0.25, 0.3) is 0 Å². The molecule has 32 heavy (non-hydrogen) atoms. The van der Waals surface area contributed by atoms with E-state index in [0.29, 0.717) is 18.3 Å². The predicted octanol–water partition coefficient (Wildman–Crippen LogP) is 3.68. The van der Waals surface area contributed by atoms with Crippen molar-refractivity contribution >= 4 is 17.7 Å². The van der Waals surface area contributed by atoms with Crippen molar-refractivity contribution in [1.29, 1.82) is 0 Å². The summed E-state index contributed by atoms with van der Waals surface area (Å²) in [5.74, 6) is 0.911. The predicted molar refractivity (Wildman–Crippen MR) is 120 cm³/mol. The number of nitrogens with zero attached hydrogens (tertiary/aromatic N) is 3. The maximum absolute atomic E-state index is 12.5. The molecule has 0 aliphatic carbocycles. The third-order valence-corrected chi connectivity index (χ3v) is 5.20. The van der Waals surface area contributed by atoms with Gasteiger partial charge in [0.15, 0.2) is 5.82 Å². The number of rotatable bonds is 6. The lowest BCUT2D eigenvalue weighted by molar-refractivity contribution is -0.121. The van der Waals surface area contributed by atoms with E-state index in [-0.39, 0.29) is 11.8 Å². The number of nitrogens with one attached hydrogen (secondary N) is 2. The number of ether oxygens (including phenoxy) is 1. The third kappa shape index (κ3) is 6.78. The maximum atomic E-state index is 12.5. The van der Waals surface area contributed by atoms with Crippen molar-refractivity contribution in [2.45, 2.75) is 65.1 Å². The fourth-order valence-electron chi connectivity index (χ4n) is 3.50. The van der Waals surface area contributed by atoms with Crippen LogP contribution in [-0.4, -0.2) is 45.7 Å². The molecule has 2 aromatic rings. The Kier molecular flexibility index (Phi) is 7.18. The van der Waals surface area contributed by atoms with Gasteiger partial charge in [0, 0.05) is 11.6 Å². The summed E-state index contributed by atoms with van der Waals surface area (Å²) in [6.07, 6.45) is 1.00. The first-order valence-corrected chi connectivity index (χ1v) is 10.9. The number of anilines is 1. The SMILES string of the molecule is CC(C)(C)OC(=O)NC(C)(C)c1noc(CN2CCC(C(=O)Nc3ccccc3)CC2)n1. The lowest BCUT2D eigenvalue weighted by atomic mass is 9.96. The van der Waals surface area contributed by atoms with Crippen LogP contribution in [0.25, 0.3) is 0 Å². The van der Waals surface area contributed by atoms with Gasteiger partial charge in [-0.2, -0.15) is 4.98 Å². The fraction of sp³-hybridized carbons (Fsp3) is 0.565. The molecule has 0 radical (unpaired) electrons. The molecule has 1 saturated heterocycles. The normalized spacial score (nSPS) is 15.9. The standard InChI is InChI=1S/C23H33N5O4/c1-22(2,3)31-21(30)26-23(4,5)20-25-18(32-27-20)15-28-13-11-16(12-14-28)19(29)24-17-9-7-6-8-10-17/h6-10,16H,11-15H2,1-5H3,(H,24,29)(H,26,30). The van der Waals surface area contributed by atoms with Gasteiger partial charge in [-0.1, -0.05) is 23.4 Å². The van der Waals surface area contributed by atoms with Crippen molar-refractivity contribution in [3.05, 3.63) is 42.0 Å². The van der Waals surface area contributed by atoms with Gasteiger partial charge in [-0.15, -0.1) is 0 Å². The molecule has 9 nitrogen and oxygen atoms in total. The molecule has 0 saturated carbocycles. The van der Waals surface area contributed by atoms with E-state index in [9.17, 15) is 9.59 Å². The first-order valence-electron chi connectivity index (χ1n) is 10.9. The van der Waals surface area contributed by atoms with E-state index in [1.54, 1.807) is 34.6 Å². The van der Waals surface area contributed by atoms with Gasteiger partial charge in [0.2, 0.25) is 11.8 Å². The van der Waals surface area contributed by atoms with Crippen LogP contribution in [0.15, 0.2) is 34.9 Å². The molecule has 2 N–H and O–H groups in total. The Labute approximate surface area is 188 Å². The van der Waals surface area contributed by atoms with Gasteiger partial charge in [-0.25, -0.2) is 4.79 Å². The number of likely N-dealkylation sites (tertiary alicyclic amines) is 1. The van der Waals surface area contributed by atoms with Gasteiger partial charge in [0.05, 0.1) is 6.54 Å². The van der Waals surface area contributed by atoms with E-state index in [4.69, 9.17) is 9.26 Å². The summed E-state index contributed by atoms with van der Waals surface area (Å²) in [7, 11) is 0. The zero-order valence-electron chi connectivity index (χ0n) is 19.5. The van der Waals surface area contributed by atoms with Crippen LogP contribution in [0.5, 0.6) is 0 Å². The molecule has 1 fully saturated rings. The van der Waals surface area contributed by atoms with Crippen molar-refractivity contribution in [1.82, 2.24) is 20.4 Å². The van der Waals surface area contributed by atoms with E-state index in [1.807, 2.05) is 30.3 Å². The molecule has 9 heteroatoms. The first kappa shape index (κ1) is 23.7. The topological polar surface area (TPSA) is 110 Å². The summed E-state index contributed by atoms with van der Waals surface area (Å²) < 4.78 is 10.7. The van der Waals surface area contributed by atoms with Crippen LogP contribution in [0.4, 0.5) is 10.5 Å². The van der Waals surface area contributed by atoms with Crippen LogP contribution in [0.1, 0.15) is 59.2 Å². The average molecular weight is 444 g/mol. The summed E-state index contributed by atoms with van der Waals surface area (Å²) in [4.78, 5) is 31.3. The second-order valence-electron chi connectivity index (χ2n) is 9.67. The molecule has 1 aromatic carbocycles. The first-order chi connectivity index (χ1) is 15.0. The van der Waals surface area contributed by atoms with E-state index < -0.39 is 17.2 Å². The van der Waals surface area contributed by atoms with Crippen LogP contribution < -0.4 is 10.6 Å². The Balaban J connectivity index is 1.49. The lowest BCUT2D eigenvalue weighted by Gasteiger charge is -2.30. The van der Waals surface area contributed by atoms with Gasteiger partial charge in [-0.3, -0.25) is 9.69 Å². The van der Waals surface area contributed by atoms with Gasteiger partial charge >= 0.3 is 6.09 Å². The smallest absolute Gasteiger partial charge is 0.408 e. The van der Waals surface area contributed by atoms with E-state index in [2.05, 4.69) is 25.7 Å². The molecule has 1 aromatic heterocycles. The van der Waals surface area contributed by atoms with E-state index >= 15 is 0 Å². The number of alkyl carbamates (subject to hydrolysis) is 1. The number of hydrogen-bond acceptors (Lipinski definition) is 7. The largest absolute Gasteiger partial charge is 0.444 e. The molecule has 0 unspecified atom stereocenters. The Morgan fingerprint density at radius 3 is 2.41 bits per heavy atom. The number of aromatic nitrogens is 2. The summed E-state index contributed by atoms with van der Waals surface area (Å²) in [6, 6.07) is 9.51. The Hall–Kier alpha value is -2.94. The molecule has 0 bridgehead atoms. The third-order valence-electron chi connectivity index (χ3n) is 5.20. The Bertz CT molecular complexity index is 912. The number of benzene rings is 1. The van der Waals surface area contributed by atoms with Gasteiger partial charge in [0.1, 0.15) is 11.1 Å². The highest BCUT2D eigenvalue weighted by Crippen LogP contribution is 2.22. The maximum Gasteiger partial charge on any atom is 0.408 e. The number of amides is 2. The average Bonchev–Trinajstić information content (AvgIpc) is 3.17. The molecule has 3 rings (SSSR count). The van der Waals surface area contributed by atoms with E-state index in [1.165, 1.54) is 0 Å². The second kappa shape index (κ2) is 9.68. The van der Waals surface area contributed by atoms with Crippen LogP contribution in [0.3, 0.4) is 0 Å². The minimum Gasteiger partial charge on any atom is -0.444 e. The number of hydrogen-bond donors (Lipinski definition) is 2. The highest BCUT2D eigenvalue weighted by atomic mass is 16.6. The van der Waals surface area contributed by atoms with Crippen molar-refractivity contribution in [3.63, 3.8) is 0 Å². The van der Waals surface area contributed by atoms with Crippen LogP contribution in [0, 0.1) is 5.92 Å². The lowest BCUT2D eigenvalue weighted by Crippen LogP contribution is -2.44. The monoisotopic (exact) mass is 443 g/mol. The van der Waals surface area contributed by atoms with E-state index in [0.717, 1.165) is 31.6 Å². The Morgan fingerprint density at radius 1 is 1.12 bits per heavy atom. The summed E-state index contributed by atoms with van der Waals surface area (Å²) in [5, 5.41) is 9.81. The zero-order chi connectivity index (χ0) is 23.4. The molecule has 2 amide bonds. The molecular weight excluding hydrogens is 410 g/mol. The molecular formula is C23H33N5O4. The van der Waals surface area contributed by atoms with Crippen LogP contribution >= 0.6 is 0 Å². The fourth-order valence-corrected chi connectivity index (χ4v) is 3.50. The van der Waals surface area contributed by atoms with Crippen molar-refractivity contribution in [2.75, 3.05) is 18.4 Å². The van der Waals surface area contributed by atoms with Gasteiger partial charge < -0.3 is 19.9 Å². The van der Waals surface area contributed by atoms with Gasteiger partial charge in [-0.05, 0) is 72.7 Å². The minimum atomic E-state index is -0.841. The number of carbonyl (C=O) groups is 2. The molecule has 0 spiro atoms. The second-order valence-corrected chi connectivity index (χ2v) is 9.67. The molecule has 1 aliphatic rings. The number of piperidine rings is 1. The summed E-state index contributed by atoms with van der Waals surface area (Å²) >= 11 is 0. The van der Waals surface area contributed by atoms with Crippen molar-refractivity contribution in [2.24, 2.45) is 5.92 Å². The number of carbonyl (C=O) groups excluding carboxylic acids is 2. The van der Waals surface area contributed by atoms with Crippen LogP contribution in [-0.2, 0) is 21.6 Å². The quantitative estimate of drug-likeness (QED) is 0.701. The Morgan fingerprint density at radius 2 is 1.78 bits per heavy atom.